The monoisotopic (exact) mass is 866 g/mol. The molecule has 1 amide bonds. The van der Waals surface area contributed by atoms with Gasteiger partial charge >= 0.3 is 12.1 Å². The van der Waals surface area contributed by atoms with E-state index in [4.69, 9.17) is 38.9 Å². The van der Waals surface area contributed by atoms with Crippen LogP contribution in [0.4, 0.5) is 4.79 Å². The van der Waals surface area contributed by atoms with Crippen molar-refractivity contribution in [2.75, 3.05) is 14.2 Å². The predicted octanol–water partition coefficient (Wildman–Crippen LogP) is 4.98. The molecule has 348 valence electrons. The first-order valence-electron chi connectivity index (χ1n) is 21.7. The maximum Gasteiger partial charge on any atom is 0.404 e. The van der Waals surface area contributed by atoms with Crippen LogP contribution in [0.2, 0.25) is 0 Å². The highest BCUT2D eigenvalue weighted by atomic mass is 16.7. The van der Waals surface area contributed by atoms with Crippen molar-refractivity contribution in [2.45, 2.75) is 168 Å². The maximum absolute atomic E-state index is 13.9. The highest BCUT2D eigenvalue weighted by Crippen LogP contribution is 2.42. The zero-order valence-corrected chi connectivity index (χ0v) is 38.2. The summed E-state index contributed by atoms with van der Waals surface area (Å²) in [6.45, 7) is 18.2. The van der Waals surface area contributed by atoms with Crippen molar-refractivity contribution < 1.29 is 68.3 Å². The summed E-state index contributed by atoms with van der Waals surface area (Å²) in [5.74, 6) is -6.00. The van der Waals surface area contributed by atoms with Crippen molar-refractivity contribution in [1.82, 2.24) is 0 Å². The zero-order chi connectivity index (χ0) is 45.9. The third-order valence-corrected chi connectivity index (χ3v) is 12.8. The van der Waals surface area contributed by atoms with Crippen LogP contribution in [0.3, 0.4) is 0 Å². The number of hydrogen-bond acceptors (Lipinski definition) is 14. The molecule has 15 nitrogen and oxygen atoms in total. The first-order valence-corrected chi connectivity index (χ1v) is 21.7. The minimum atomic E-state index is -1.97. The molecule has 0 radical (unpaired) electrons. The van der Waals surface area contributed by atoms with E-state index in [9.17, 15) is 35.1 Å². The molecule has 0 aliphatic carbocycles. The Bertz CT molecular complexity index is 1570. The second kappa shape index (κ2) is 23.5. The van der Waals surface area contributed by atoms with Gasteiger partial charge in [-0.2, -0.15) is 0 Å². The zero-order valence-electron chi connectivity index (χ0n) is 38.2. The SMILES string of the molecule is C/C=C/[C@H]1O[C@@](O)([C@@H](C)C(O)C(C)[C@H]2OC(=O)/C(OC)=C/C(C)=C/[C@@H](C)[C@H](O)C(CC)[C@@H](O)[C@H](C)C/C(C)=C/C=C[C@@H]2OC)C[C@@H](O[C@H]2C[C@@H](O)[C@H](OC(N)=O)[C@@H](C)O2)[C@@H]1C. The lowest BCUT2D eigenvalue weighted by Gasteiger charge is -2.49. The molecule has 3 heterocycles. The topological polar surface area (TPSA) is 226 Å². The number of hydrogen-bond donors (Lipinski definition) is 6. The molecule has 0 saturated carbocycles. The summed E-state index contributed by atoms with van der Waals surface area (Å²) in [5.41, 5.74) is 6.78. The van der Waals surface area contributed by atoms with Gasteiger partial charge in [-0.05, 0) is 52.5 Å². The van der Waals surface area contributed by atoms with Crippen molar-refractivity contribution >= 4 is 12.1 Å². The summed E-state index contributed by atoms with van der Waals surface area (Å²) in [6, 6.07) is 0. The van der Waals surface area contributed by atoms with Gasteiger partial charge in [-0.1, -0.05) is 89.1 Å². The van der Waals surface area contributed by atoms with Crippen molar-refractivity contribution in [3.8, 4) is 0 Å². The number of esters is 1. The maximum atomic E-state index is 13.9. The van der Waals surface area contributed by atoms with E-state index in [0.29, 0.717) is 18.4 Å². The van der Waals surface area contributed by atoms with E-state index >= 15 is 0 Å². The Morgan fingerprint density at radius 3 is 2.34 bits per heavy atom. The van der Waals surface area contributed by atoms with Gasteiger partial charge in [0.05, 0.1) is 49.8 Å². The van der Waals surface area contributed by atoms with E-state index in [1.54, 1.807) is 52.0 Å². The Balaban J connectivity index is 2.00. The van der Waals surface area contributed by atoms with Crippen molar-refractivity contribution in [3.63, 3.8) is 0 Å². The summed E-state index contributed by atoms with van der Waals surface area (Å²) in [7, 11) is 2.81. The molecule has 61 heavy (non-hydrogen) atoms. The van der Waals surface area contributed by atoms with Crippen LogP contribution in [0, 0.1) is 35.5 Å². The minimum absolute atomic E-state index is 0.0313. The Kier molecular flexibility index (Phi) is 20.1. The molecule has 3 aliphatic heterocycles. The van der Waals surface area contributed by atoms with Crippen LogP contribution < -0.4 is 5.73 Å². The Hall–Kier alpha value is -3.12. The fourth-order valence-electron chi connectivity index (χ4n) is 8.94. The second-order valence-electron chi connectivity index (χ2n) is 17.5. The summed E-state index contributed by atoms with van der Waals surface area (Å²) < 4.78 is 41.4. The Labute approximate surface area is 362 Å². The second-order valence-corrected chi connectivity index (χ2v) is 17.5. The molecule has 0 aromatic heterocycles. The molecule has 3 rings (SSSR count). The van der Waals surface area contributed by atoms with E-state index in [1.807, 2.05) is 53.7 Å². The smallest absolute Gasteiger partial charge is 0.404 e. The summed E-state index contributed by atoms with van der Waals surface area (Å²) in [6.07, 6.45) is 2.20. The molecule has 3 unspecified atom stereocenters. The number of aliphatic hydroxyl groups is 5. The van der Waals surface area contributed by atoms with Gasteiger partial charge in [0.1, 0.15) is 12.2 Å². The van der Waals surface area contributed by atoms with Gasteiger partial charge in [0.2, 0.25) is 5.76 Å². The van der Waals surface area contributed by atoms with Gasteiger partial charge in [0.25, 0.3) is 0 Å². The molecule has 0 aromatic rings. The highest BCUT2D eigenvalue weighted by molar-refractivity contribution is 5.87. The fourth-order valence-corrected chi connectivity index (χ4v) is 8.94. The summed E-state index contributed by atoms with van der Waals surface area (Å²) >= 11 is 0. The summed E-state index contributed by atoms with van der Waals surface area (Å²) in [5, 5.41) is 58.0. The molecule has 18 atom stereocenters. The van der Waals surface area contributed by atoms with Gasteiger partial charge in [-0.25, -0.2) is 9.59 Å². The molecule has 7 N–H and O–H groups in total. The van der Waals surface area contributed by atoms with Gasteiger partial charge in [-0.3, -0.25) is 0 Å². The average Bonchev–Trinajstić information content (AvgIpc) is 3.19. The number of allylic oxidation sites excluding steroid dienone is 6. The number of aliphatic hydroxyl groups excluding tert-OH is 4. The van der Waals surface area contributed by atoms with Gasteiger partial charge in [0, 0.05) is 49.5 Å². The number of ether oxygens (including phenoxy) is 7. The standard InChI is InChI=1S/C46H75NO14/c1-13-16-34-28(7)37(58-38-22-33(48)43(31(10)57-38)60-45(47)53)23-46(54,61-34)30(9)41(51)29(8)42-35(55-11)18-15-17-24(3)19-26(5)39(49)32(14-2)40(50)27(6)20-25(4)21-36(56-12)44(52)59-42/h13,15-18,20-21,26-35,37-43,48-51,54H,14,19,22-23H2,1-12H3,(H2,47,53)/b16-13+,18-15?,24-17+,25-20+,36-21-/t26-,27-,28-,29?,30+,31-,32?,33-,34-,35+,37-,38+,39+,40+,41?,42-,43-,46-/m1/s1. The first kappa shape index (κ1) is 52.2. The third kappa shape index (κ3) is 13.7. The minimum Gasteiger partial charge on any atom is -0.490 e. The number of rotatable bonds is 11. The lowest BCUT2D eigenvalue weighted by molar-refractivity contribution is -0.338. The van der Waals surface area contributed by atoms with Gasteiger partial charge in [-0.15, -0.1) is 0 Å². The number of carbonyl (C=O) groups is 2. The molecule has 0 bridgehead atoms. The molecule has 2 fully saturated rings. The average molecular weight is 866 g/mol. The van der Waals surface area contributed by atoms with Crippen molar-refractivity contribution in [2.24, 2.45) is 41.2 Å². The van der Waals surface area contributed by atoms with Gasteiger partial charge in [0.15, 0.2) is 18.2 Å². The number of amides is 1. The first-order chi connectivity index (χ1) is 28.6. The van der Waals surface area contributed by atoms with E-state index in [0.717, 1.165) is 5.57 Å². The van der Waals surface area contributed by atoms with Crippen LogP contribution in [-0.2, 0) is 38.0 Å². The number of nitrogens with two attached hydrogens (primary N) is 1. The Morgan fingerprint density at radius 1 is 1.10 bits per heavy atom. The van der Waals surface area contributed by atoms with Crippen LogP contribution in [-0.4, -0.2) is 125 Å². The van der Waals surface area contributed by atoms with E-state index in [1.165, 1.54) is 20.3 Å². The summed E-state index contributed by atoms with van der Waals surface area (Å²) in [4.78, 5) is 25.4. The fraction of sp³-hybridized carbons (Fsp3) is 0.739. The number of methoxy groups -OCH3 is 2. The number of cyclic esters (lactones) is 1. The van der Waals surface area contributed by atoms with E-state index in [2.05, 4.69) is 0 Å². The van der Waals surface area contributed by atoms with Crippen molar-refractivity contribution in [3.05, 3.63) is 59.4 Å². The van der Waals surface area contributed by atoms with Crippen LogP contribution in [0.5, 0.6) is 0 Å². The van der Waals surface area contributed by atoms with Crippen molar-refractivity contribution in [1.29, 1.82) is 0 Å². The molecular formula is C46H75NO14. The van der Waals surface area contributed by atoms with Crippen LogP contribution in [0.15, 0.2) is 59.4 Å². The lowest BCUT2D eigenvalue weighted by Crippen LogP contribution is -2.59. The van der Waals surface area contributed by atoms with Crippen LogP contribution >= 0.6 is 0 Å². The molecule has 3 aliphatic rings. The lowest BCUT2D eigenvalue weighted by atomic mass is 9.77. The molecule has 0 spiro atoms. The van der Waals surface area contributed by atoms with Crippen LogP contribution in [0.25, 0.3) is 0 Å². The molecular weight excluding hydrogens is 790 g/mol. The van der Waals surface area contributed by atoms with Gasteiger partial charge < -0.3 is 64.4 Å². The highest BCUT2D eigenvalue weighted by Gasteiger charge is 2.52. The molecule has 2 saturated heterocycles. The number of carbonyl (C=O) groups excluding carboxylic acids is 2. The number of primary amides is 1. The normalized spacial score (nSPS) is 41.7. The quantitative estimate of drug-likeness (QED) is 0.119. The largest absolute Gasteiger partial charge is 0.490 e. The third-order valence-electron chi connectivity index (χ3n) is 12.8. The van der Waals surface area contributed by atoms with E-state index in [-0.39, 0.29) is 42.3 Å². The Morgan fingerprint density at radius 2 is 1.77 bits per heavy atom. The molecule has 15 heteroatoms. The molecule has 0 aromatic carbocycles. The van der Waals surface area contributed by atoms with Crippen LogP contribution in [0.1, 0.15) is 94.9 Å². The van der Waals surface area contributed by atoms with E-state index < -0.39 is 97.0 Å². The predicted molar refractivity (Wildman–Crippen MR) is 228 cm³/mol.